The van der Waals surface area contributed by atoms with Crippen molar-refractivity contribution in [1.29, 1.82) is 0 Å². The molecule has 3 aromatic rings. The number of ether oxygens (including phenoxy) is 2. The summed E-state index contributed by atoms with van der Waals surface area (Å²) in [6.07, 6.45) is -1.10. The quantitative estimate of drug-likeness (QED) is 0.446. The zero-order chi connectivity index (χ0) is 28.8. The Morgan fingerprint density at radius 2 is 1.77 bits per heavy atom. The number of carbonyl (C=O) groups excluding carboxylic acids is 2. The zero-order valence-corrected chi connectivity index (χ0v) is 23.7. The number of hydrogen-bond donors (Lipinski definition) is 2. The number of benzene rings is 2. The normalized spacial score (nSPS) is 20.0. The Balaban J connectivity index is 1.63. The molecule has 0 aliphatic carbocycles. The van der Waals surface area contributed by atoms with E-state index in [0.717, 1.165) is 16.7 Å². The number of aromatic nitrogens is 2. The number of rotatable bonds is 1. The molecule has 2 aromatic carbocycles. The molecule has 2 unspecified atom stereocenters. The van der Waals surface area contributed by atoms with Gasteiger partial charge >= 0.3 is 6.09 Å². The van der Waals surface area contributed by atoms with Crippen LogP contribution in [-0.4, -0.2) is 59.6 Å². The van der Waals surface area contributed by atoms with Gasteiger partial charge in [-0.3, -0.25) is 9.69 Å². The third kappa shape index (κ3) is 5.71. The first-order chi connectivity index (χ1) is 18.8. The summed E-state index contributed by atoms with van der Waals surface area (Å²) >= 11 is 0. The maximum Gasteiger partial charge on any atom is 0.411 e. The monoisotopic (exact) mass is 565 g/mol. The first kappa shape index (κ1) is 27.4. The molecule has 2 N–H and O–H groups in total. The van der Waals surface area contributed by atoms with Crippen LogP contribution in [-0.2, 0) is 19.6 Å². The Bertz CT molecular complexity index is 1580. The summed E-state index contributed by atoms with van der Waals surface area (Å²) in [6.45, 7) is 9.18. The number of anilines is 2. The average molecular weight is 566 g/mol. The summed E-state index contributed by atoms with van der Waals surface area (Å²) in [7, 11) is -4.13. The van der Waals surface area contributed by atoms with Crippen molar-refractivity contribution in [2.45, 2.75) is 63.7 Å². The lowest BCUT2D eigenvalue weighted by atomic mass is 10.00. The van der Waals surface area contributed by atoms with Gasteiger partial charge in [-0.2, -0.15) is 4.98 Å². The van der Waals surface area contributed by atoms with E-state index in [-0.39, 0.29) is 35.4 Å². The topological polar surface area (TPSA) is 140 Å². The summed E-state index contributed by atoms with van der Waals surface area (Å²) in [4.78, 5) is 36.6. The second kappa shape index (κ2) is 10.1. The average Bonchev–Trinajstić information content (AvgIpc) is 3.26. The van der Waals surface area contributed by atoms with E-state index < -0.39 is 39.8 Å². The van der Waals surface area contributed by atoms with Gasteiger partial charge in [0.05, 0.1) is 17.1 Å². The van der Waals surface area contributed by atoms with E-state index in [2.05, 4.69) is 20.0 Å². The van der Waals surface area contributed by atoms with Gasteiger partial charge in [0.25, 0.3) is 10.0 Å². The SMILES string of the molecule is Cc1cccc(C)c1-c1cc2nc(n1)NS(=O)(=O)c1cccc(c1)NC(=O)C1CC(CN1C(=O)OC(C)(C)C)O2. The molecule has 1 aromatic heterocycles. The van der Waals surface area contributed by atoms with Crippen molar-refractivity contribution in [2.24, 2.45) is 0 Å². The highest BCUT2D eigenvalue weighted by molar-refractivity contribution is 7.92. The minimum atomic E-state index is -4.13. The van der Waals surface area contributed by atoms with E-state index in [4.69, 9.17) is 9.47 Å². The molecular formula is C28H31N5O6S. The number of likely N-dealkylation sites (tertiary alicyclic amines) is 1. The third-order valence-corrected chi connectivity index (χ3v) is 7.88. The Morgan fingerprint density at radius 3 is 2.48 bits per heavy atom. The van der Waals surface area contributed by atoms with Crippen LogP contribution in [0.15, 0.2) is 53.4 Å². The van der Waals surface area contributed by atoms with Crippen LogP contribution >= 0.6 is 0 Å². The van der Waals surface area contributed by atoms with Crippen LogP contribution in [0.2, 0.25) is 0 Å². The smallest absolute Gasteiger partial charge is 0.411 e. The van der Waals surface area contributed by atoms with Crippen molar-refractivity contribution >= 4 is 33.7 Å². The van der Waals surface area contributed by atoms with Crippen LogP contribution in [0.25, 0.3) is 11.3 Å². The first-order valence-corrected chi connectivity index (χ1v) is 14.3. The van der Waals surface area contributed by atoms with Gasteiger partial charge in [-0.1, -0.05) is 24.3 Å². The van der Waals surface area contributed by atoms with Gasteiger partial charge in [-0.25, -0.2) is 22.9 Å². The zero-order valence-electron chi connectivity index (χ0n) is 22.9. The number of aryl methyl sites for hydroxylation is 2. The van der Waals surface area contributed by atoms with E-state index in [0.29, 0.717) is 5.69 Å². The van der Waals surface area contributed by atoms with E-state index in [9.17, 15) is 18.0 Å². The molecule has 3 heterocycles. The van der Waals surface area contributed by atoms with Crippen molar-refractivity contribution in [3.63, 3.8) is 0 Å². The highest BCUT2D eigenvalue weighted by Gasteiger charge is 2.43. The molecule has 0 radical (unpaired) electrons. The number of hydrogen-bond acceptors (Lipinski definition) is 8. The molecule has 11 nitrogen and oxygen atoms in total. The second-order valence-electron chi connectivity index (χ2n) is 10.9. The number of nitrogens with zero attached hydrogens (tertiary/aromatic N) is 3. The highest BCUT2D eigenvalue weighted by Crippen LogP contribution is 2.32. The molecule has 0 spiro atoms. The van der Waals surface area contributed by atoms with Gasteiger partial charge in [0.1, 0.15) is 17.7 Å². The third-order valence-electron chi connectivity index (χ3n) is 6.56. The molecule has 5 rings (SSSR count). The van der Waals surface area contributed by atoms with E-state index >= 15 is 0 Å². The lowest BCUT2D eigenvalue weighted by Gasteiger charge is -2.27. The molecule has 1 fully saturated rings. The fourth-order valence-corrected chi connectivity index (χ4v) is 5.84. The van der Waals surface area contributed by atoms with Crippen molar-refractivity contribution in [3.8, 4) is 17.1 Å². The lowest BCUT2D eigenvalue weighted by molar-refractivity contribution is -0.120. The lowest BCUT2D eigenvalue weighted by Crippen LogP contribution is -2.45. The summed E-state index contributed by atoms with van der Waals surface area (Å²) < 4.78 is 40.8. The minimum Gasteiger partial charge on any atom is -0.472 e. The van der Waals surface area contributed by atoms with Crippen molar-refractivity contribution < 1.29 is 27.5 Å². The fourth-order valence-electron chi connectivity index (χ4n) is 4.85. The van der Waals surface area contributed by atoms with Gasteiger partial charge in [-0.05, 0) is 63.9 Å². The molecule has 2 amide bonds. The minimum absolute atomic E-state index is 0.0663. The predicted molar refractivity (Wildman–Crippen MR) is 149 cm³/mol. The van der Waals surface area contributed by atoms with Gasteiger partial charge in [0, 0.05) is 23.7 Å². The fraction of sp³-hybridized carbons (Fsp3) is 0.357. The van der Waals surface area contributed by atoms with Crippen LogP contribution in [0.3, 0.4) is 0 Å². The molecule has 2 aliphatic heterocycles. The number of carbonyl (C=O) groups is 2. The molecule has 40 heavy (non-hydrogen) atoms. The van der Waals surface area contributed by atoms with Crippen LogP contribution in [0.1, 0.15) is 38.3 Å². The van der Waals surface area contributed by atoms with Crippen molar-refractivity contribution in [2.75, 3.05) is 16.6 Å². The largest absolute Gasteiger partial charge is 0.472 e. The molecule has 0 saturated carbocycles. The highest BCUT2D eigenvalue weighted by atomic mass is 32.2. The van der Waals surface area contributed by atoms with Crippen molar-refractivity contribution in [3.05, 3.63) is 59.7 Å². The number of fused-ring (bicyclic) bond motifs is 6. The summed E-state index contributed by atoms with van der Waals surface area (Å²) in [6, 6.07) is 12.3. The van der Waals surface area contributed by atoms with E-state index in [1.807, 2.05) is 32.0 Å². The van der Waals surface area contributed by atoms with E-state index in [1.165, 1.54) is 23.1 Å². The number of amides is 2. The summed E-state index contributed by atoms with van der Waals surface area (Å²) in [5, 5.41) is 2.73. The number of sulfonamides is 1. The Kier molecular flexibility index (Phi) is 6.90. The van der Waals surface area contributed by atoms with Crippen LogP contribution in [0, 0.1) is 13.8 Å². The maximum absolute atomic E-state index is 13.4. The van der Waals surface area contributed by atoms with Crippen molar-refractivity contribution in [1.82, 2.24) is 14.9 Å². The Hall–Kier alpha value is -4.19. The standard InChI is InChI=1S/C28H31N5O6S/c1-16-8-6-9-17(2)24(16)21-14-23-31-26(30-21)32-40(36,37)20-11-7-10-18(12-20)29-25(34)22-13-19(38-23)15-33(22)27(35)39-28(3,4)5/h6-12,14,19,22H,13,15H2,1-5H3,(H,29,34)(H,30,31,32). The Morgan fingerprint density at radius 1 is 1.07 bits per heavy atom. The van der Waals surface area contributed by atoms with Gasteiger partial charge < -0.3 is 14.8 Å². The van der Waals surface area contributed by atoms with Crippen LogP contribution in [0.5, 0.6) is 5.88 Å². The van der Waals surface area contributed by atoms with Crippen LogP contribution < -0.4 is 14.8 Å². The predicted octanol–water partition coefficient (Wildman–Crippen LogP) is 4.27. The molecule has 2 aliphatic rings. The molecule has 1 saturated heterocycles. The van der Waals surface area contributed by atoms with E-state index in [1.54, 1.807) is 32.9 Å². The molecule has 12 heteroatoms. The molecule has 2 atom stereocenters. The number of nitrogens with one attached hydrogen (secondary N) is 2. The van der Waals surface area contributed by atoms with Gasteiger partial charge in [0.2, 0.25) is 17.7 Å². The first-order valence-electron chi connectivity index (χ1n) is 12.8. The van der Waals surface area contributed by atoms with Gasteiger partial charge in [-0.15, -0.1) is 0 Å². The second-order valence-corrected chi connectivity index (χ2v) is 12.6. The van der Waals surface area contributed by atoms with Crippen LogP contribution in [0.4, 0.5) is 16.4 Å². The maximum atomic E-state index is 13.4. The summed E-state index contributed by atoms with van der Waals surface area (Å²) in [5.74, 6) is -0.553. The molecular weight excluding hydrogens is 534 g/mol. The molecule has 210 valence electrons. The Labute approximate surface area is 233 Å². The van der Waals surface area contributed by atoms with Gasteiger partial charge in [0.15, 0.2) is 0 Å². The molecule has 6 bridgehead atoms. The summed E-state index contributed by atoms with van der Waals surface area (Å²) in [5.41, 5.74) is 2.65.